The van der Waals surface area contributed by atoms with Crippen molar-refractivity contribution < 1.29 is 22.7 Å². The summed E-state index contributed by atoms with van der Waals surface area (Å²) in [5, 5.41) is 0. The van der Waals surface area contributed by atoms with Crippen molar-refractivity contribution in [1.29, 1.82) is 0 Å². The normalized spacial score (nSPS) is 16.4. The number of benzene rings is 1. The Morgan fingerprint density at radius 2 is 1.74 bits per heavy atom. The van der Waals surface area contributed by atoms with Gasteiger partial charge in [0.15, 0.2) is 9.84 Å². The number of hydrogen-bond donors (Lipinski definition) is 0. The van der Waals surface area contributed by atoms with Gasteiger partial charge in [0.1, 0.15) is 5.60 Å². The molecule has 0 radical (unpaired) electrons. The zero-order valence-electron chi connectivity index (χ0n) is 16.7. The van der Waals surface area contributed by atoms with Gasteiger partial charge in [0.05, 0.1) is 11.5 Å². The maximum absolute atomic E-state index is 12.1. The van der Waals surface area contributed by atoms with E-state index in [0.29, 0.717) is 24.0 Å². The Balaban J connectivity index is 1.65. The number of carbonyl (C=O) groups excluding carboxylic acids is 1. The molecule has 0 aliphatic carbocycles. The first-order chi connectivity index (χ1) is 12.5. The molecule has 27 heavy (non-hydrogen) atoms. The maximum atomic E-state index is 12.1. The average Bonchev–Trinajstić information content (AvgIpc) is 2.57. The molecular weight excluding hydrogens is 366 g/mol. The van der Waals surface area contributed by atoms with Crippen LogP contribution in [0.2, 0.25) is 0 Å². The number of nitrogens with zero attached hydrogens (tertiary/aromatic N) is 1. The highest BCUT2D eigenvalue weighted by Crippen LogP contribution is 2.22. The highest BCUT2D eigenvalue weighted by Gasteiger charge is 2.26. The standard InChI is InChI=1S/C20H31NO5S/c1-20(2,3)26-19(22)21-12-9-16(10-13-21)11-14-25-15-17-5-7-18(8-6-17)27(4,23)24/h5-8,16H,9-15H2,1-4H3. The number of piperidine rings is 1. The summed E-state index contributed by atoms with van der Waals surface area (Å²) >= 11 is 0. The molecule has 7 heteroatoms. The SMILES string of the molecule is CC(C)(C)OC(=O)N1CCC(CCOCc2ccc(S(C)(=O)=O)cc2)CC1. The number of rotatable bonds is 6. The molecule has 1 saturated heterocycles. The van der Waals surface area contributed by atoms with Crippen LogP contribution < -0.4 is 0 Å². The van der Waals surface area contributed by atoms with Gasteiger partial charge in [-0.3, -0.25) is 0 Å². The third-order valence-corrected chi connectivity index (χ3v) is 5.69. The quantitative estimate of drug-likeness (QED) is 0.685. The lowest BCUT2D eigenvalue weighted by molar-refractivity contribution is 0.0164. The minimum atomic E-state index is -3.16. The minimum absolute atomic E-state index is 0.227. The van der Waals surface area contributed by atoms with Crippen molar-refractivity contribution in [3.8, 4) is 0 Å². The number of amides is 1. The zero-order chi connectivity index (χ0) is 20.1. The predicted molar refractivity (Wildman–Crippen MR) is 104 cm³/mol. The summed E-state index contributed by atoms with van der Waals surface area (Å²) < 4.78 is 34.0. The first-order valence-corrected chi connectivity index (χ1v) is 11.3. The zero-order valence-corrected chi connectivity index (χ0v) is 17.5. The van der Waals surface area contributed by atoms with Crippen LogP contribution in [0.25, 0.3) is 0 Å². The highest BCUT2D eigenvalue weighted by atomic mass is 32.2. The Kier molecular flexibility index (Phi) is 7.28. The summed E-state index contributed by atoms with van der Waals surface area (Å²) in [6.07, 6.45) is 3.86. The van der Waals surface area contributed by atoms with E-state index in [0.717, 1.165) is 37.9 Å². The van der Waals surface area contributed by atoms with Crippen LogP contribution in [0.4, 0.5) is 4.79 Å². The summed E-state index contributed by atoms with van der Waals surface area (Å²) in [6, 6.07) is 6.80. The second-order valence-electron chi connectivity index (χ2n) is 8.17. The van der Waals surface area contributed by atoms with Crippen molar-refractivity contribution in [1.82, 2.24) is 4.90 Å². The van der Waals surface area contributed by atoms with Gasteiger partial charge in [-0.2, -0.15) is 0 Å². The number of ether oxygens (including phenoxy) is 2. The molecule has 0 atom stereocenters. The molecule has 152 valence electrons. The van der Waals surface area contributed by atoms with E-state index in [2.05, 4.69) is 0 Å². The number of hydrogen-bond acceptors (Lipinski definition) is 5. The number of sulfone groups is 1. The summed E-state index contributed by atoms with van der Waals surface area (Å²) in [5.41, 5.74) is 0.503. The third-order valence-electron chi connectivity index (χ3n) is 4.56. The second-order valence-corrected chi connectivity index (χ2v) is 10.2. The molecule has 1 aliphatic rings. The Morgan fingerprint density at radius 3 is 2.26 bits per heavy atom. The van der Waals surface area contributed by atoms with E-state index in [1.165, 1.54) is 6.26 Å². The molecule has 0 spiro atoms. The summed E-state index contributed by atoms with van der Waals surface area (Å²) in [5.74, 6) is 0.552. The largest absolute Gasteiger partial charge is 0.444 e. The molecule has 0 N–H and O–H groups in total. The van der Waals surface area contributed by atoms with Gasteiger partial charge in [-0.15, -0.1) is 0 Å². The van der Waals surface area contributed by atoms with Gasteiger partial charge >= 0.3 is 6.09 Å². The molecule has 0 bridgehead atoms. The highest BCUT2D eigenvalue weighted by molar-refractivity contribution is 7.90. The van der Waals surface area contributed by atoms with Crippen LogP contribution in [-0.4, -0.2) is 51.0 Å². The van der Waals surface area contributed by atoms with E-state index in [9.17, 15) is 13.2 Å². The number of likely N-dealkylation sites (tertiary alicyclic amines) is 1. The molecule has 6 nitrogen and oxygen atoms in total. The monoisotopic (exact) mass is 397 g/mol. The maximum Gasteiger partial charge on any atom is 0.410 e. The smallest absolute Gasteiger partial charge is 0.410 e. The lowest BCUT2D eigenvalue weighted by Crippen LogP contribution is -2.41. The second kappa shape index (κ2) is 9.06. The molecular formula is C20H31NO5S. The van der Waals surface area contributed by atoms with E-state index in [1.54, 1.807) is 29.2 Å². The Hall–Kier alpha value is -1.60. The van der Waals surface area contributed by atoms with E-state index < -0.39 is 15.4 Å². The lowest BCUT2D eigenvalue weighted by Gasteiger charge is -2.33. The van der Waals surface area contributed by atoms with Gasteiger partial charge in [-0.05, 0) is 63.6 Å². The molecule has 1 fully saturated rings. The third kappa shape index (κ3) is 7.50. The molecule has 0 unspecified atom stereocenters. The minimum Gasteiger partial charge on any atom is -0.444 e. The van der Waals surface area contributed by atoms with E-state index in [-0.39, 0.29) is 6.09 Å². The molecule has 0 aromatic heterocycles. The van der Waals surface area contributed by atoms with Crippen molar-refractivity contribution in [2.24, 2.45) is 5.92 Å². The van der Waals surface area contributed by atoms with Crippen LogP contribution >= 0.6 is 0 Å². The summed E-state index contributed by atoms with van der Waals surface area (Å²) in [6.45, 7) is 8.22. The molecule has 2 rings (SSSR count). The van der Waals surface area contributed by atoms with Crippen LogP contribution in [0.15, 0.2) is 29.2 Å². The molecule has 0 saturated carbocycles. The van der Waals surface area contributed by atoms with Crippen molar-refractivity contribution in [3.63, 3.8) is 0 Å². The van der Waals surface area contributed by atoms with Gasteiger partial charge in [0.2, 0.25) is 0 Å². The van der Waals surface area contributed by atoms with Gasteiger partial charge < -0.3 is 14.4 Å². The topological polar surface area (TPSA) is 72.9 Å². The first kappa shape index (κ1) is 21.7. The Labute approximate surface area is 162 Å². The fourth-order valence-corrected chi connectivity index (χ4v) is 3.63. The van der Waals surface area contributed by atoms with Crippen molar-refractivity contribution in [2.45, 2.75) is 57.1 Å². The number of carbonyl (C=O) groups is 1. The van der Waals surface area contributed by atoms with Crippen LogP contribution in [0.3, 0.4) is 0 Å². The van der Waals surface area contributed by atoms with Crippen LogP contribution in [-0.2, 0) is 25.9 Å². The van der Waals surface area contributed by atoms with E-state index in [1.807, 2.05) is 20.8 Å². The molecule has 1 aromatic rings. The Bertz CT molecular complexity index is 714. The molecule has 1 aromatic carbocycles. The predicted octanol–water partition coefficient (Wildman–Crippen LogP) is 3.64. The lowest BCUT2D eigenvalue weighted by atomic mass is 9.94. The van der Waals surface area contributed by atoms with Gasteiger partial charge in [0, 0.05) is 26.0 Å². The van der Waals surface area contributed by atoms with Gasteiger partial charge in [0.25, 0.3) is 0 Å². The van der Waals surface area contributed by atoms with E-state index in [4.69, 9.17) is 9.47 Å². The van der Waals surface area contributed by atoms with Gasteiger partial charge in [-0.25, -0.2) is 13.2 Å². The van der Waals surface area contributed by atoms with Gasteiger partial charge in [-0.1, -0.05) is 12.1 Å². The van der Waals surface area contributed by atoms with Crippen LogP contribution in [0.1, 0.15) is 45.6 Å². The average molecular weight is 398 g/mol. The fraction of sp³-hybridized carbons (Fsp3) is 0.650. The van der Waals surface area contributed by atoms with Crippen LogP contribution in [0.5, 0.6) is 0 Å². The molecule has 1 amide bonds. The molecule has 1 aliphatic heterocycles. The first-order valence-electron chi connectivity index (χ1n) is 9.39. The fourth-order valence-electron chi connectivity index (χ4n) is 3.00. The van der Waals surface area contributed by atoms with Crippen LogP contribution in [0, 0.1) is 5.92 Å². The van der Waals surface area contributed by atoms with Crippen molar-refractivity contribution in [3.05, 3.63) is 29.8 Å². The summed E-state index contributed by atoms with van der Waals surface area (Å²) in [4.78, 5) is 14.2. The van der Waals surface area contributed by atoms with Crippen molar-refractivity contribution in [2.75, 3.05) is 26.0 Å². The Morgan fingerprint density at radius 1 is 1.15 bits per heavy atom. The molecule has 1 heterocycles. The summed E-state index contributed by atoms with van der Waals surface area (Å²) in [7, 11) is -3.16. The van der Waals surface area contributed by atoms with Crippen molar-refractivity contribution >= 4 is 15.9 Å². The van der Waals surface area contributed by atoms with E-state index >= 15 is 0 Å².